The van der Waals surface area contributed by atoms with Gasteiger partial charge in [-0.25, -0.2) is 15.0 Å². The third-order valence-electron chi connectivity index (χ3n) is 11.8. The average Bonchev–Trinajstić information content (AvgIpc) is 3.97. The number of hydrogen-bond acceptors (Lipinski definition) is 5. The van der Waals surface area contributed by atoms with Crippen molar-refractivity contribution in [1.29, 1.82) is 0 Å². The number of thiophene rings is 1. The highest BCUT2D eigenvalue weighted by Gasteiger charge is 2.23. The molecule has 274 valence electrons. The lowest BCUT2D eigenvalue weighted by Crippen LogP contribution is -2.02. The van der Waals surface area contributed by atoms with Gasteiger partial charge in [0.25, 0.3) is 0 Å². The molecule has 0 aliphatic heterocycles. The Morgan fingerprint density at radius 1 is 0.407 bits per heavy atom. The fourth-order valence-corrected chi connectivity index (χ4v) is 10.3. The predicted molar refractivity (Wildman–Crippen MR) is 246 cm³/mol. The zero-order valence-corrected chi connectivity index (χ0v) is 32.2. The first-order valence-electron chi connectivity index (χ1n) is 19.8. The molecule has 13 aromatic rings. The van der Waals surface area contributed by atoms with Crippen molar-refractivity contribution in [2.45, 2.75) is 0 Å². The lowest BCUT2D eigenvalue weighted by atomic mass is 10.0. The van der Waals surface area contributed by atoms with Gasteiger partial charge < -0.3 is 8.98 Å². The monoisotopic (exact) mass is 770 g/mol. The normalized spacial score (nSPS) is 12.1. The molecule has 0 radical (unpaired) electrons. The SMILES string of the molecule is c1ccc2cc3c(cc2c1)c1ccccc1n3-c1cc(-c2nc(-c3cccc4ccccc34)nc(-c3cccc4c3sc3ccccc34)n2)cc2c1oc1ccccc12. The first-order valence-corrected chi connectivity index (χ1v) is 20.6. The molecule has 9 aromatic carbocycles. The summed E-state index contributed by atoms with van der Waals surface area (Å²) in [6.45, 7) is 0. The van der Waals surface area contributed by atoms with E-state index in [4.69, 9.17) is 19.4 Å². The van der Waals surface area contributed by atoms with Gasteiger partial charge >= 0.3 is 0 Å². The summed E-state index contributed by atoms with van der Waals surface area (Å²) >= 11 is 1.78. The van der Waals surface area contributed by atoms with Crippen molar-refractivity contribution in [2.75, 3.05) is 0 Å². The minimum atomic E-state index is 0.593. The number of para-hydroxylation sites is 2. The van der Waals surface area contributed by atoms with E-state index >= 15 is 0 Å². The van der Waals surface area contributed by atoms with Crippen LogP contribution in [0.3, 0.4) is 0 Å². The van der Waals surface area contributed by atoms with Crippen LogP contribution in [0.4, 0.5) is 0 Å². The third kappa shape index (κ3) is 4.87. The number of fused-ring (bicyclic) bond motifs is 11. The van der Waals surface area contributed by atoms with Crippen LogP contribution < -0.4 is 0 Å². The molecule has 0 unspecified atom stereocenters. The Morgan fingerprint density at radius 3 is 1.92 bits per heavy atom. The van der Waals surface area contributed by atoms with Gasteiger partial charge in [0.05, 0.1) is 16.7 Å². The molecule has 0 spiro atoms. The molecule has 0 atom stereocenters. The second kappa shape index (κ2) is 12.4. The maximum atomic E-state index is 6.82. The van der Waals surface area contributed by atoms with Gasteiger partial charge in [-0.2, -0.15) is 0 Å². The van der Waals surface area contributed by atoms with Crippen LogP contribution in [-0.2, 0) is 0 Å². The quantitative estimate of drug-likeness (QED) is 0.179. The van der Waals surface area contributed by atoms with E-state index in [2.05, 4.69) is 174 Å². The van der Waals surface area contributed by atoms with Crippen LogP contribution in [0, 0.1) is 0 Å². The van der Waals surface area contributed by atoms with Crippen molar-refractivity contribution in [3.05, 3.63) is 182 Å². The van der Waals surface area contributed by atoms with E-state index in [9.17, 15) is 0 Å². The van der Waals surface area contributed by atoms with E-state index in [1.807, 2.05) is 12.1 Å². The molecule has 13 rings (SSSR count). The summed E-state index contributed by atoms with van der Waals surface area (Å²) in [5.41, 5.74) is 7.59. The maximum Gasteiger partial charge on any atom is 0.165 e. The molecular formula is C53H30N4OS. The average molecular weight is 771 g/mol. The maximum absolute atomic E-state index is 6.82. The highest BCUT2D eigenvalue weighted by atomic mass is 32.1. The first-order chi connectivity index (χ1) is 29.2. The summed E-state index contributed by atoms with van der Waals surface area (Å²) in [4.78, 5) is 16.1. The number of rotatable bonds is 4. The van der Waals surface area contributed by atoms with Gasteiger partial charge in [0.1, 0.15) is 5.58 Å². The Labute approximate surface area is 341 Å². The topological polar surface area (TPSA) is 56.7 Å². The molecule has 0 fully saturated rings. The first kappa shape index (κ1) is 32.4. The third-order valence-corrected chi connectivity index (χ3v) is 13.0. The van der Waals surface area contributed by atoms with E-state index < -0.39 is 0 Å². The second-order valence-electron chi connectivity index (χ2n) is 15.2. The van der Waals surface area contributed by atoms with Crippen molar-refractivity contribution in [3.8, 4) is 39.9 Å². The van der Waals surface area contributed by atoms with Gasteiger partial charge in [0.15, 0.2) is 23.1 Å². The number of nitrogens with zero attached hydrogens (tertiary/aromatic N) is 4. The van der Waals surface area contributed by atoms with Gasteiger partial charge in [0, 0.05) is 58.4 Å². The van der Waals surface area contributed by atoms with E-state index in [1.54, 1.807) is 11.3 Å². The second-order valence-corrected chi connectivity index (χ2v) is 16.2. The summed E-state index contributed by atoms with van der Waals surface area (Å²) < 4.78 is 11.6. The molecular weight excluding hydrogens is 741 g/mol. The Hall–Kier alpha value is -7.67. The zero-order chi connectivity index (χ0) is 38.6. The molecule has 0 bridgehead atoms. The summed E-state index contributed by atoms with van der Waals surface area (Å²) in [6.07, 6.45) is 0. The molecule has 0 N–H and O–H groups in total. The van der Waals surface area contributed by atoms with Crippen molar-refractivity contribution >= 4 is 96.8 Å². The zero-order valence-electron chi connectivity index (χ0n) is 31.4. The summed E-state index contributed by atoms with van der Waals surface area (Å²) in [6, 6.07) is 64.3. The Morgan fingerprint density at radius 2 is 1.03 bits per heavy atom. The van der Waals surface area contributed by atoms with Crippen LogP contribution in [-0.4, -0.2) is 19.5 Å². The van der Waals surface area contributed by atoms with Crippen LogP contribution in [0.15, 0.2) is 186 Å². The van der Waals surface area contributed by atoms with Crippen LogP contribution in [0.2, 0.25) is 0 Å². The van der Waals surface area contributed by atoms with Gasteiger partial charge in [-0.05, 0) is 70.1 Å². The van der Waals surface area contributed by atoms with Crippen LogP contribution in [0.1, 0.15) is 0 Å². The van der Waals surface area contributed by atoms with Gasteiger partial charge in [-0.3, -0.25) is 0 Å². The number of aromatic nitrogens is 4. The Bertz CT molecular complexity index is 3870. The van der Waals surface area contributed by atoms with E-state index in [0.717, 1.165) is 70.8 Å². The highest BCUT2D eigenvalue weighted by molar-refractivity contribution is 7.26. The van der Waals surface area contributed by atoms with E-state index in [0.29, 0.717) is 17.5 Å². The molecule has 6 heteroatoms. The summed E-state index contributed by atoms with van der Waals surface area (Å²) in [7, 11) is 0. The van der Waals surface area contributed by atoms with Gasteiger partial charge in [0.2, 0.25) is 0 Å². The smallest absolute Gasteiger partial charge is 0.165 e. The molecule has 4 aromatic heterocycles. The largest absolute Gasteiger partial charge is 0.454 e. The standard InChI is InChI=1S/C53H30N4OS/c1-2-15-33-29-45-42(27-32(33)14-1)36-18-5-8-24-44(36)57(45)46-30-34(28-43-37-19-6-9-25-47(37)58-49(43)46)51-54-52(40-22-11-16-31-13-3-4-17-35(31)40)56-53(55-51)41-23-12-21-39-38-20-7-10-26-48(38)59-50(39)41/h1-30H. The van der Waals surface area contributed by atoms with E-state index in [1.165, 1.54) is 37.0 Å². The molecule has 0 amide bonds. The summed E-state index contributed by atoms with van der Waals surface area (Å²) in [5, 5.41) is 11.4. The molecule has 5 nitrogen and oxygen atoms in total. The number of benzene rings is 9. The molecule has 59 heavy (non-hydrogen) atoms. The predicted octanol–water partition coefficient (Wildman–Crippen LogP) is 14.5. The van der Waals surface area contributed by atoms with E-state index in [-0.39, 0.29) is 0 Å². The lowest BCUT2D eigenvalue weighted by molar-refractivity contribution is 0.666. The summed E-state index contributed by atoms with van der Waals surface area (Å²) in [5.74, 6) is 1.86. The minimum absolute atomic E-state index is 0.593. The Kier molecular flexibility index (Phi) is 6.82. The molecule has 0 saturated heterocycles. The van der Waals surface area contributed by atoms with Crippen LogP contribution >= 0.6 is 11.3 Å². The number of hydrogen-bond donors (Lipinski definition) is 0. The molecule has 0 aliphatic carbocycles. The fourth-order valence-electron chi connectivity index (χ4n) is 9.11. The van der Waals surface area contributed by atoms with Crippen LogP contribution in [0.5, 0.6) is 0 Å². The Balaban J connectivity index is 1.14. The van der Waals surface area contributed by atoms with Crippen molar-refractivity contribution < 1.29 is 4.42 Å². The number of furan rings is 1. The molecule has 4 heterocycles. The van der Waals surface area contributed by atoms with Crippen molar-refractivity contribution in [2.24, 2.45) is 0 Å². The van der Waals surface area contributed by atoms with Crippen LogP contribution in [0.25, 0.3) is 125 Å². The van der Waals surface area contributed by atoms with Crippen molar-refractivity contribution in [1.82, 2.24) is 19.5 Å². The molecule has 0 saturated carbocycles. The molecule has 0 aliphatic rings. The van der Waals surface area contributed by atoms with Crippen molar-refractivity contribution in [3.63, 3.8) is 0 Å². The fraction of sp³-hybridized carbons (Fsp3) is 0. The van der Waals surface area contributed by atoms with Gasteiger partial charge in [-0.1, -0.05) is 133 Å². The lowest BCUT2D eigenvalue weighted by Gasteiger charge is -2.13. The minimum Gasteiger partial charge on any atom is -0.454 e. The highest BCUT2D eigenvalue weighted by Crippen LogP contribution is 2.43. The van der Waals surface area contributed by atoms with Gasteiger partial charge in [-0.15, -0.1) is 11.3 Å².